The Morgan fingerprint density at radius 3 is 2.63 bits per heavy atom. The summed E-state index contributed by atoms with van der Waals surface area (Å²) in [4.78, 5) is 25.5. The van der Waals surface area contributed by atoms with Crippen molar-refractivity contribution >= 4 is 40.9 Å². The van der Waals surface area contributed by atoms with Crippen molar-refractivity contribution in [1.82, 2.24) is 20.1 Å². The molecule has 3 rings (SSSR count). The fraction of sp³-hybridized carbons (Fsp3) is 0.308. The summed E-state index contributed by atoms with van der Waals surface area (Å²) in [6.07, 6.45) is 1.74. The monoisotopic (exact) mass is 511 g/mol. The molecule has 35 heavy (non-hydrogen) atoms. The zero-order valence-corrected chi connectivity index (χ0v) is 21.9. The SMILES string of the molecule is C=CCn1c(SCC(=O)Nc2cc(Cl)ccc2C)nnc1[C@@H](NC(=O)c1cccc(C)c1)C(C)C. The molecule has 1 heterocycles. The summed E-state index contributed by atoms with van der Waals surface area (Å²) in [6, 6.07) is 12.4. The number of nitrogens with one attached hydrogen (secondary N) is 2. The Balaban J connectivity index is 1.76. The van der Waals surface area contributed by atoms with Gasteiger partial charge in [0, 0.05) is 22.8 Å². The van der Waals surface area contributed by atoms with E-state index in [1.807, 2.05) is 56.5 Å². The number of nitrogens with zero attached hydrogens (tertiary/aromatic N) is 3. The minimum atomic E-state index is -0.368. The highest BCUT2D eigenvalue weighted by Gasteiger charge is 2.26. The number of allylic oxidation sites excluding steroid dienone is 1. The number of aromatic nitrogens is 3. The Bertz CT molecular complexity index is 1220. The van der Waals surface area contributed by atoms with Gasteiger partial charge in [0.15, 0.2) is 11.0 Å². The fourth-order valence-corrected chi connectivity index (χ4v) is 4.45. The number of carbonyl (C=O) groups is 2. The number of carbonyl (C=O) groups excluding carboxylic acids is 2. The highest BCUT2D eigenvalue weighted by atomic mass is 35.5. The van der Waals surface area contributed by atoms with E-state index in [-0.39, 0.29) is 29.5 Å². The molecule has 2 amide bonds. The molecule has 184 valence electrons. The maximum Gasteiger partial charge on any atom is 0.251 e. The summed E-state index contributed by atoms with van der Waals surface area (Å²) in [6.45, 7) is 12.2. The molecule has 0 spiro atoms. The van der Waals surface area contributed by atoms with Crippen molar-refractivity contribution in [2.75, 3.05) is 11.1 Å². The first-order chi connectivity index (χ1) is 16.7. The van der Waals surface area contributed by atoms with E-state index in [0.717, 1.165) is 11.1 Å². The van der Waals surface area contributed by atoms with Crippen LogP contribution in [0, 0.1) is 19.8 Å². The normalized spacial score (nSPS) is 11.8. The fourth-order valence-electron chi connectivity index (χ4n) is 3.52. The molecular formula is C26H30ClN5O2S. The van der Waals surface area contributed by atoms with Crippen molar-refractivity contribution < 1.29 is 9.59 Å². The topological polar surface area (TPSA) is 88.9 Å². The van der Waals surface area contributed by atoms with Gasteiger partial charge >= 0.3 is 0 Å². The molecule has 0 radical (unpaired) electrons. The number of rotatable bonds is 10. The van der Waals surface area contributed by atoms with Gasteiger partial charge in [-0.05, 0) is 49.6 Å². The molecule has 1 atom stereocenters. The van der Waals surface area contributed by atoms with Crippen LogP contribution in [-0.2, 0) is 11.3 Å². The lowest BCUT2D eigenvalue weighted by Gasteiger charge is -2.22. The highest BCUT2D eigenvalue weighted by Crippen LogP contribution is 2.26. The molecule has 7 nitrogen and oxygen atoms in total. The third kappa shape index (κ3) is 6.96. The molecule has 0 aliphatic carbocycles. The van der Waals surface area contributed by atoms with Crippen molar-refractivity contribution in [3.63, 3.8) is 0 Å². The summed E-state index contributed by atoms with van der Waals surface area (Å²) in [5.74, 6) is 0.468. The second-order valence-corrected chi connectivity index (χ2v) is 9.98. The zero-order chi connectivity index (χ0) is 25.5. The van der Waals surface area contributed by atoms with E-state index in [1.165, 1.54) is 11.8 Å². The second-order valence-electron chi connectivity index (χ2n) is 8.60. The van der Waals surface area contributed by atoms with Crippen LogP contribution in [0.2, 0.25) is 5.02 Å². The number of aryl methyl sites for hydroxylation is 2. The van der Waals surface area contributed by atoms with E-state index in [0.29, 0.717) is 33.8 Å². The van der Waals surface area contributed by atoms with Gasteiger partial charge in [0.2, 0.25) is 5.91 Å². The van der Waals surface area contributed by atoms with E-state index < -0.39 is 0 Å². The second kappa shape index (κ2) is 12.0. The van der Waals surface area contributed by atoms with Crippen molar-refractivity contribution in [3.8, 4) is 0 Å². The van der Waals surface area contributed by atoms with Gasteiger partial charge in [-0.15, -0.1) is 16.8 Å². The molecule has 9 heteroatoms. The van der Waals surface area contributed by atoms with Crippen LogP contribution >= 0.6 is 23.4 Å². The molecule has 0 aliphatic heterocycles. The summed E-state index contributed by atoms with van der Waals surface area (Å²) in [7, 11) is 0. The predicted molar refractivity (Wildman–Crippen MR) is 142 cm³/mol. The Labute approximate surface area is 215 Å². The smallest absolute Gasteiger partial charge is 0.251 e. The predicted octanol–water partition coefficient (Wildman–Crippen LogP) is 5.59. The average molecular weight is 512 g/mol. The van der Waals surface area contributed by atoms with Crippen LogP contribution in [0.15, 0.2) is 60.3 Å². The summed E-state index contributed by atoms with van der Waals surface area (Å²) in [5.41, 5.74) is 3.20. The van der Waals surface area contributed by atoms with Crippen LogP contribution in [0.4, 0.5) is 5.69 Å². The molecular weight excluding hydrogens is 482 g/mol. The highest BCUT2D eigenvalue weighted by molar-refractivity contribution is 7.99. The van der Waals surface area contributed by atoms with Gasteiger partial charge in [-0.25, -0.2) is 0 Å². The van der Waals surface area contributed by atoms with Gasteiger partial charge in [0.25, 0.3) is 5.91 Å². The largest absolute Gasteiger partial charge is 0.342 e. The van der Waals surface area contributed by atoms with Gasteiger partial charge in [-0.1, -0.05) is 67.0 Å². The minimum absolute atomic E-state index is 0.0588. The molecule has 3 aromatic rings. The van der Waals surface area contributed by atoms with E-state index in [9.17, 15) is 9.59 Å². The Morgan fingerprint density at radius 1 is 1.17 bits per heavy atom. The van der Waals surface area contributed by atoms with Crippen LogP contribution in [0.5, 0.6) is 0 Å². The molecule has 2 N–H and O–H groups in total. The van der Waals surface area contributed by atoms with Crippen molar-refractivity contribution in [1.29, 1.82) is 0 Å². The van der Waals surface area contributed by atoms with Gasteiger partial charge < -0.3 is 15.2 Å². The van der Waals surface area contributed by atoms with Crippen LogP contribution in [0.3, 0.4) is 0 Å². The van der Waals surface area contributed by atoms with Gasteiger partial charge in [0.05, 0.1) is 11.8 Å². The van der Waals surface area contributed by atoms with E-state index in [1.54, 1.807) is 24.3 Å². The first-order valence-corrected chi connectivity index (χ1v) is 12.7. The molecule has 0 unspecified atom stereocenters. The van der Waals surface area contributed by atoms with Crippen molar-refractivity contribution in [2.24, 2.45) is 5.92 Å². The minimum Gasteiger partial charge on any atom is -0.342 e. The molecule has 0 bridgehead atoms. The molecule has 2 aromatic carbocycles. The van der Waals surface area contributed by atoms with Gasteiger partial charge in [-0.2, -0.15) is 0 Å². The maximum atomic E-state index is 12.9. The van der Waals surface area contributed by atoms with E-state index in [4.69, 9.17) is 11.6 Å². The molecule has 0 saturated heterocycles. The number of hydrogen-bond acceptors (Lipinski definition) is 5. The summed E-state index contributed by atoms with van der Waals surface area (Å²) >= 11 is 7.33. The zero-order valence-electron chi connectivity index (χ0n) is 20.3. The molecule has 0 saturated carbocycles. The molecule has 1 aromatic heterocycles. The summed E-state index contributed by atoms with van der Waals surface area (Å²) in [5, 5.41) is 15.8. The Hall–Kier alpha value is -3.10. The lowest BCUT2D eigenvalue weighted by Crippen LogP contribution is -2.34. The molecule has 0 fully saturated rings. The van der Waals surface area contributed by atoms with Gasteiger partial charge in [-0.3, -0.25) is 9.59 Å². The third-order valence-corrected chi connectivity index (χ3v) is 6.58. The first kappa shape index (κ1) is 26.5. The number of thioether (sulfide) groups is 1. The third-order valence-electron chi connectivity index (χ3n) is 5.37. The number of benzene rings is 2. The van der Waals surface area contributed by atoms with Crippen molar-refractivity contribution in [2.45, 2.75) is 45.4 Å². The quantitative estimate of drug-likeness (QED) is 0.273. The summed E-state index contributed by atoms with van der Waals surface area (Å²) < 4.78 is 1.89. The van der Waals surface area contributed by atoms with Crippen LogP contribution < -0.4 is 10.6 Å². The van der Waals surface area contributed by atoms with Crippen LogP contribution in [0.1, 0.15) is 47.2 Å². The maximum absolute atomic E-state index is 12.9. The van der Waals surface area contributed by atoms with E-state index in [2.05, 4.69) is 27.4 Å². The Morgan fingerprint density at radius 2 is 1.94 bits per heavy atom. The standard InChI is InChI=1S/C26H30ClN5O2S/c1-6-12-32-24(23(16(2)3)29-25(34)19-9-7-8-17(4)13-19)30-31-26(32)35-15-22(33)28-21-14-20(27)11-10-18(21)5/h6-11,13-14,16,23H,1,12,15H2,2-5H3,(H,28,33)(H,29,34)/t23-/m0/s1. The number of anilines is 1. The number of hydrogen-bond donors (Lipinski definition) is 2. The Kier molecular flexibility index (Phi) is 9.12. The lowest BCUT2D eigenvalue weighted by atomic mass is 10.0. The number of halogens is 1. The van der Waals surface area contributed by atoms with Crippen LogP contribution in [-0.4, -0.2) is 32.3 Å². The lowest BCUT2D eigenvalue weighted by molar-refractivity contribution is -0.113. The first-order valence-electron chi connectivity index (χ1n) is 11.3. The number of amides is 2. The average Bonchev–Trinajstić information content (AvgIpc) is 3.20. The van der Waals surface area contributed by atoms with Crippen molar-refractivity contribution in [3.05, 3.63) is 82.7 Å². The van der Waals surface area contributed by atoms with Crippen LogP contribution in [0.25, 0.3) is 0 Å². The molecule has 0 aliphatic rings. The van der Waals surface area contributed by atoms with E-state index >= 15 is 0 Å². The van der Waals surface area contributed by atoms with Gasteiger partial charge in [0.1, 0.15) is 0 Å².